The molecule has 0 unspecified atom stereocenters. The van der Waals surface area contributed by atoms with Crippen LogP contribution >= 0.6 is 0 Å². The number of hydrogen-bond donors (Lipinski definition) is 0. The highest BCUT2D eigenvalue weighted by molar-refractivity contribution is 6.21. The average Bonchev–Trinajstić information content (AvgIpc) is 2.80. The molecule has 0 bridgehead atoms. The Bertz CT molecular complexity index is 1540. The summed E-state index contributed by atoms with van der Waals surface area (Å²) in [5, 5.41) is 0.253. The van der Waals surface area contributed by atoms with Crippen LogP contribution in [-0.2, 0) is 0 Å². The third-order valence-corrected chi connectivity index (χ3v) is 5.70. The predicted octanol–water partition coefficient (Wildman–Crippen LogP) is 8.03. The molecule has 33 heavy (non-hydrogen) atoms. The van der Waals surface area contributed by atoms with Crippen LogP contribution in [0.4, 0.5) is 22.0 Å². The normalized spacial score (nSPS) is 11.3. The molecule has 0 N–H and O–H groups in total. The second-order valence-electron chi connectivity index (χ2n) is 7.57. The predicted molar refractivity (Wildman–Crippen MR) is 119 cm³/mol. The van der Waals surface area contributed by atoms with Crippen LogP contribution in [-0.4, -0.2) is 7.11 Å². The fraction of sp³-hybridized carbons (Fsp3) is 0.0370. The maximum atomic E-state index is 15.3. The Morgan fingerprint density at radius 1 is 0.545 bits per heavy atom. The number of benzene rings is 5. The van der Waals surface area contributed by atoms with E-state index in [1.165, 1.54) is 19.2 Å². The van der Waals surface area contributed by atoms with Gasteiger partial charge < -0.3 is 4.74 Å². The Morgan fingerprint density at radius 3 is 1.79 bits per heavy atom. The van der Waals surface area contributed by atoms with Gasteiger partial charge >= 0.3 is 0 Å². The van der Waals surface area contributed by atoms with E-state index in [9.17, 15) is 13.2 Å². The lowest BCUT2D eigenvalue weighted by Gasteiger charge is -2.19. The van der Waals surface area contributed by atoms with E-state index in [1.54, 1.807) is 24.3 Å². The standard InChI is InChI=1S/C27H15F5O/c1-33-17-6-2-14(3-7-17)24-18-8-4-15(28)12-20(18)25(19-9-5-16(29)13-23(19)32)27-22(31)11-10-21(30)26(24)27/h2-13H,1H3. The zero-order valence-electron chi connectivity index (χ0n) is 17.2. The van der Waals surface area contributed by atoms with E-state index in [0.717, 1.165) is 30.3 Å². The van der Waals surface area contributed by atoms with Gasteiger partial charge in [-0.05, 0) is 64.9 Å². The van der Waals surface area contributed by atoms with Gasteiger partial charge in [0.1, 0.15) is 34.8 Å². The molecule has 0 saturated carbocycles. The lowest BCUT2D eigenvalue weighted by atomic mass is 9.85. The number of fused-ring (bicyclic) bond motifs is 2. The van der Waals surface area contributed by atoms with Crippen molar-refractivity contribution in [1.29, 1.82) is 0 Å². The summed E-state index contributed by atoms with van der Waals surface area (Å²) in [6.45, 7) is 0. The van der Waals surface area contributed by atoms with Crippen LogP contribution in [0.25, 0.3) is 43.8 Å². The lowest BCUT2D eigenvalue weighted by Crippen LogP contribution is -1.98. The summed E-state index contributed by atoms with van der Waals surface area (Å²) in [6, 6.07) is 15.2. The first kappa shape index (κ1) is 20.9. The van der Waals surface area contributed by atoms with Crippen molar-refractivity contribution >= 4 is 21.5 Å². The van der Waals surface area contributed by atoms with Crippen molar-refractivity contribution in [3.05, 3.63) is 102 Å². The summed E-state index contributed by atoms with van der Waals surface area (Å²) in [6.07, 6.45) is 0. The summed E-state index contributed by atoms with van der Waals surface area (Å²) >= 11 is 0. The molecule has 1 nitrogen and oxygen atoms in total. The lowest BCUT2D eigenvalue weighted by molar-refractivity contribution is 0.415. The van der Waals surface area contributed by atoms with Gasteiger partial charge in [0.25, 0.3) is 0 Å². The van der Waals surface area contributed by atoms with Gasteiger partial charge in [0.2, 0.25) is 0 Å². The minimum atomic E-state index is -0.970. The maximum Gasteiger partial charge on any atom is 0.133 e. The smallest absolute Gasteiger partial charge is 0.133 e. The Morgan fingerprint density at radius 2 is 1.15 bits per heavy atom. The van der Waals surface area contributed by atoms with E-state index in [0.29, 0.717) is 28.3 Å². The quantitative estimate of drug-likeness (QED) is 0.200. The highest BCUT2D eigenvalue weighted by Gasteiger charge is 2.24. The van der Waals surface area contributed by atoms with E-state index < -0.39 is 29.1 Å². The van der Waals surface area contributed by atoms with Crippen molar-refractivity contribution in [2.45, 2.75) is 0 Å². The van der Waals surface area contributed by atoms with E-state index in [4.69, 9.17) is 4.74 Å². The topological polar surface area (TPSA) is 9.23 Å². The average molecular weight is 450 g/mol. The summed E-state index contributed by atoms with van der Waals surface area (Å²) < 4.78 is 78.6. The Hall–Kier alpha value is -3.93. The number of methoxy groups -OCH3 is 1. The summed E-state index contributed by atoms with van der Waals surface area (Å²) in [7, 11) is 1.50. The van der Waals surface area contributed by atoms with Crippen LogP contribution in [0.15, 0.2) is 72.8 Å². The number of hydrogen-bond acceptors (Lipinski definition) is 1. The molecule has 0 fully saturated rings. The SMILES string of the molecule is COc1ccc(-c2c3ccc(F)cc3c(-c3ccc(F)cc3F)c3c(F)ccc(F)c23)cc1. The van der Waals surface area contributed by atoms with Crippen LogP contribution in [0.5, 0.6) is 5.75 Å². The molecule has 0 aromatic heterocycles. The van der Waals surface area contributed by atoms with Gasteiger partial charge in [0.05, 0.1) is 7.11 Å². The van der Waals surface area contributed by atoms with Crippen LogP contribution in [0.1, 0.15) is 0 Å². The summed E-state index contributed by atoms with van der Waals surface area (Å²) in [5.41, 5.74) is 0.646. The van der Waals surface area contributed by atoms with E-state index in [1.807, 2.05) is 0 Å². The van der Waals surface area contributed by atoms with Crippen molar-refractivity contribution < 1.29 is 26.7 Å². The Kier molecular flexibility index (Phi) is 5.01. The molecule has 6 heteroatoms. The first-order chi connectivity index (χ1) is 15.9. The molecule has 0 radical (unpaired) electrons. The monoisotopic (exact) mass is 450 g/mol. The van der Waals surface area contributed by atoms with Gasteiger partial charge in [0.15, 0.2) is 0 Å². The fourth-order valence-electron chi connectivity index (χ4n) is 4.28. The molecule has 5 aromatic rings. The van der Waals surface area contributed by atoms with Gasteiger partial charge in [-0.2, -0.15) is 0 Å². The Balaban J connectivity index is 2.04. The molecule has 164 valence electrons. The molecule has 0 heterocycles. The molecule has 0 spiro atoms. The van der Waals surface area contributed by atoms with Crippen molar-refractivity contribution in [1.82, 2.24) is 0 Å². The van der Waals surface area contributed by atoms with Crippen molar-refractivity contribution in [2.75, 3.05) is 7.11 Å². The number of halogens is 5. The second kappa shape index (κ2) is 7.89. The van der Waals surface area contributed by atoms with Gasteiger partial charge in [-0.15, -0.1) is 0 Å². The minimum absolute atomic E-state index is 0.0498. The third kappa shape index (κ3) is 3.39. The van der Waals surface area contributed by atoms with Gasteiger partial charge in [-0.3, -0.25) is 0 Å². The number of ether oxygens (including phenoxy) is 1. The van der Waals surface area contributed by atoms with Crippen LogP contribution in [0, 0.1) is 29.1 Å². The van der Waals surface area contributed by atoms with E-state index >= 15 is 8.78 Å². The minimum Gasteiger partial charge on any atom is -0.497 e. The van der Waals surface area contributed by atoms with Gasteiger partial charge in [-0.1, -0.05) is 18.2 Å². The van der Waals surface area contributed by atoms with Crippen LogP contribution < -0.4 is 4.74 Å². The first-order valence-electron chi connectivity index (χ1n) is 10.0. The zero-order chi connectivity index (χ0) is 23.3. The Labute approximate surface area is 185 Å². The number of rotatable bonds is 3. The summed E-state index contributed by atoms with van der Waals surface area (Å²) in [5.74, 6) is -3.41. The molecule has 0 aliphatic heterocycles. The van der Waals surface area contributed by atoms with Gasteiger partial charge in [-0.25, -0.2) is 22.0 Å². The second-order valence-corrected chi connectivity index (χ2v) is 7.57. The van der Waals surface area contributed by atoms with Crippen LogP contribution in [0.2, 0.25) is 0 Å². The van der Waals surface area contributed by atoms with Crippen LogP contribution in [0.3, 0.4) is 0 Å². The molecular weight excluding hydrogens is 435 g/mol. The molecule has 5 rings (SSSR count). The molecule has 5 aromatic carbocycles. The highest BCUT2D eigenvalue weighted by Crippen LogP contribution is 2.46. The third-order valence-electron chi connectivity index (χ3n) is 5.70. The highest BCUT2D eigenvalue weighted by atomic mass is 19.1. The fourth-order valence-corrected chi connectivity index (χ4v) is 4.28. The van der Waals surface area contributed by atoms with Crippen molar-refractivity contribution in [2.24, 2.45) is 0 Å². The van der Waals surface area contributed by atoms with Gasteiger partial charge in [0, 0.05) is 33.5 Å². The van der Waals surface area contributed by atoms with Crippen molar-refractivity contribution in [3.63, 3.8) is 0 Å². The van der Waals surface area contributed by atoms with E-state index in [-0.39, 0.29) is 27.3 Å². The molecule has 0 aliphatic rings. The first-order valence-corrected chi connectivity index (χ1v) is 10.0. The molecule has 0 amide bonds. The zero-order valence-corrected chi connectivity index (χ0v) is 17.2. The maximum absolute atomic E-state index is 15.3. The molecular formula is C27H15F5O. The largest absolute Gasteiger partial charge is 0.497 e. The molecule has 0 saturated heterocycles. The van der Waals surface area contributed by atoms with E-state index in [2.05, 4.69) is 0 Å². The van der Waals surface area contributed by atoms with Crippen molar-refractivity contribution in [3.8, 4) is 28.0 Å². The molecule has 0 aliphatic carbocycles. The molecule has 0 atom stereocenters. The summed E-state index contributed by atoms with van der Waals surface area (Å²) in [4.78, 5) is 0.